The van der Waals surface area contributed by atoms with Crippen molar-refractivity contribution in [1.82, 2.24) is 4.90 Å². The van der Waals surface area contributed by atoms with Crippen LogP contribution in [0.4, 0.5) is 0 Å². The minimum absolute atomic E-state index is 0.273. The third-order valence-corrected chi connectivity index (χ3v) is 4.08. The quantitative estimate of drug-likeness (QED) is 0.706. The van der Waals surface area contributed by atoms with Crippen molar-refractivity contribution < 1.29 is 8.42 Å². The lowest BCUT2D eigenvalue weighted by atomic mass is 10.0. The zero-order valence-electron chi connectivity index (χ0n) is 8.40. The maximum atomic E-state index is 11.3. The van der Waals surface area contributed by atoms with Crippen LogP contribution >= 0.6 is 10.7 Å². The van der Waals surface area contributed by atoms with Gasteiger partial charge in [0.25, 0.3) is 9.05 Å². The number of nitrogens with zero attached hydrogens (tertiary/aromatic N) is 1. The topological polar surface area (TPSA) is 37.4 Å². The molecule has 1 aromatic rings. The van der Waals surface area contributed by atoms with Crippen LogP contribution in [0.2, 0.25) is 0 Å². The van der Waals surface area contributed by atoms with Gasteiger partial charge in [0.15, 0.2) is 0 Å². The number of benzene rings is 1. The minimum Gasteiger partial charge on any atom is -0.302 e. The van der Waals surface area contributed by atoms with Gasteiger partial charge in [-0.05, 0) is 30.7 Å². The third kappa shape index (κ3) is 2.17. The van der Waals surface area contributed by atoms with Crippen LogP contribution in [0.3, 0.4) is 0 Å². The van der Waals surface area contributed by atoms with Crippen molar-refractivity contribution in [2.45, 2.75) is 17.9 Å². The molecule has 1 heterocycles. The van der Waals surface area contributed by atoms with E-state index in [4.69, 9.17) is 10.7 Å². The van der Waals surface area contributed by atoms with Gasteiger partial charge in [-0.3, -0.25) is 0 Å². The molecule has 0 saturated heterocycles. The summed E-state index contributed by atoms with van der Waals surface area (Å²) in [6, 6.07) is 5.27. The average molecular weight is 246 g/mol. The maximum Gasteiger partial charge on any atom is 0.261 e. The van der Waals surface area contributed by atoms with E-state index >= 15 is 0 Å². The molecular weight excluding hydrogens is 234 g/mol. The van der Waals surface area contributed by atoms with E-state index in [1.807, 2.05) is 13.1 Å². The molecule has 0 fully saturated rings. The largest absolute Gasteiger partial charge is 0.302 e. The number of hydrogen-bond acceptors (Lipinski definition) is 3. The molecular formula is C10H12ClNO2S. The van der Waals surface area contributed by atoms with Crippen LogP contribution in [0.1, 0.15) is 11.1 Å². The SMILES string of the molecule is CN1CCc2c(cccc2S(=O)(=O)Cl)C1. The van der Waals surface area contributed by atoms with Gasteiger partial charge in [0, 0.05) is 23.8 Å². The van der Waals surface area contributed by atoms with E-state index in [0.29, 0.717) is 0 Å². The Morgan fingerprint density at radius 1 is 1.40 bits per heavy atom. The molecule has 1 aromatic carbocycles. The van der Waals surface area contributed by atoms with Crippen molar-refractivity contribution in [3.8, 4) is 0 Å². The number of hydrogen-bond donors (Lipinski definition) is 0. The Labute approximate surface area is 94.1 Å². The Kier molecular flexibility index (Phi) is 2.75. The van der Waals surface area contributed by atoms with Crippen LogP contribution < -0.4 is 0 Å². The zero-order chi connectivity index (χ0) is 11.1. The fourth-order valence-electron chi connectivity index (χ4n) is 1.94. The molecule has 0 N–H and O–H groups in total. The fourth-order valence-corrected chi connectivity index (χ4v) is 3.15. The molecule has 0 aromatic heterocycles. The summed E-state index contributed by atoms with van der Waals surface area (Å²) in [4.78, 5) is 2.43. The van der Waals surface area contributed by atoms with E-state index in [1.54, 1.807) is 12.1 Å². The van der Waals surface area contributed by atoms with E-state index in [-0.39, 0.29) is 4.90 Å². The number of halogens is 1. The highest BCUT2D eigenvalue weighted by molar-refractivity contribution is 8.13. The van der Waals surface area contributed by atoms with Crippen LogP contribution in [-0.2, 0) is 22.0 Å². The minimum atomic E-state index is -3.61. The summed E-state index contributed by atoms with van der Waals surface area (Å²) in [6.07, 6.45) is 0.744. The zero-order valence-corrected chi connectivity index (χ0v) is 9.98. The molecule has 82 valence electrons. The number of rotatable bonds is 1. The summed E-state index contributed by atoms with van der Waals surface area (Å²) in [5.41, 5.74) is 1.94. The lowest BCUT2D eigenvalue weighted by molar-refractivity contribution is 0.311. The monoisotopic (exact) mass is 245 g/mol. The Morgan fingerprint density at radius 2 is 2.13 bits per heavy atom. The fraction of sp³-hybridized carbons (Fsp3) is 0.400. The molecule has 15 heavy (non-hydrogen) atoms. The molecule has 0 amide bonds. The highest BCUT2D eigenvalue weighted by atomic mass is 35.7. The second-order valence-electron chi connectivity index (χ2n) is 3.82. The van der Waals surface area contributed by atoms with Gasteiger partial charge in [0.05, 0.1) is 4.90 Å². The molecule has 0 unspecified atom stereocenters. The van der Waals surface area contributed by atoms with E-state index in [9.17, 15) is 8.42 Å². The summed E-state index contributed by atoms with van der Waals surface area (Å²) >= 11 is 0. The highest BCUT2D eigenvalue weighted by Gasteiger charge is 2.21. The van der Waals surface area contributed by atoms with Gasteiger partial charge in [0.1, 0.15) is 0 Å². The standard InChI is InChI=1S/C10H12ClNO2S/c1-12-6-5-9-8(7-12)3-2-4-10(9)15(11,13)14/h2-4H,5-7H2,1H3. The van der Waals surface area contributed by atoms with Crippen molar-refractivity contribution in [1.29, 1.82) is 0 Å². The summed E-state index contributed by atoms with van der Waals surface area (Å²) in [7, 11) is 3.80. The predicted octanol–water partition coefficient (Wildman–Crippen LogP) is 1.60. The second kappa shape index (κ2) is 3.77. The molecule has 1 aliphatic rings. The number of fused-ring (bicyclic) bond motifs is 1. The maximum absolute atomic E-state index is 11.3. The van der Waals surface area contributed by atoms with E-state index in [1.165, 1.54) is 0 Å². The van der Waals surface area contributed by atoms with Crippen LogP contribution in [0, 0.1) is 0 Å². The lowest BCUT2D eigenvalue weighted by Gasteiger charge is -2.25. The van der Waals surface area contributed by atoms with Gasteiger partial charge >= 0.3 is 0 Å². The first kappa shape index (κ1) is 10.9. The van der Waals surface area contributed by atoms with E-state index < -0.39 is 9.05 Å². The molecule has 0 aliphatic carbocycles. The summed E-state index contributed by atoms with van der Waals surface area (Å²) in [5.74, 6) is 0. The van der Waals surface area contributed by atoms with Gasteiger partial charge < -0.3 is 4.90 Å². The lowest BCUT2D eigenvalue weighted by Crippen LogP contribution is -2.27. The summed E-state index contributed by atoms with van der Waals surface area (Å²) in [5, 5.41) is 0. The average Bonchev–Trinajstić information content (AvgIpc) is 2.15. The smallest absolute Gasteiger partial charge is 0.261 e. The van der Waals surface area contributed by atoms with Crippen molar-refractivity contribution in [3.05, 3.63) is 29.3 Å². The van der Waals surface area contributed by atoms with Crippen LogP contribution in [-0.4, -0.2) is 26.9 Å². The number of likely N-dealkylation sites (N-methyl/N-ethyl adjacent to an activating group) is 1. The Morgan fingerprint density at radius 3 is 2.80 bits per heavy atom. The van der Waals surface area contributed by atoms with Crippen molar-refractivity contribution in [2.75, 3.05) is 13.6 Å². The van der Waals surface area contributed by atoms with Gasteiger partial charge in [-0.15, -0.1) is 0 Å². The Hall–Kier alpha value is -0.580. The van der Waals surface area contributed by atoms with Gasteiger partial charge in [0.2, 0.25) is 0 Å². The molecule has 0 bridgehead atoms. The Bertz CT molecular complexity index is 484. The first-order valence-corrected chi connectivity index (χ1v) is 7.03. The molecule has 3 nitrogen and oxygen atoms in total. The van der Waals surface area contributed by atoms with Crippen molar-refractivity contribution in [2.24, 2.45) is 0 Å². The van der Waals surface area contributed by atoms with Crippen LogP contribution in [0.15, 0.2) is 23.1 Å². The second-order valence-corrected chi connectivity index (χ2v) is 6.35. The molecule has 0 saturated carbocycles. The Balaban J connectivity index is 2.56. The van der Waals surface area contributed by atoms with Crippen LogP contribution in [0.25, 0.3) is 0 Å². The summed E-state index contributed by atoms with van der Waals surface area (Å²) < 4.78 is 22.7. The van der Waals surface area contributed by atoms with Gasteiger partial charge in [-0.25, -0.2) is 8.42 Å². The highest BCUT2D eigenvalue weighted by Crippen LogP contribution is 2.27. The van der Waals surface area contributed by atoms with Crippen LogP contribution in [0.5, 0.6) is 0 Å². The van der Waals surface area contributed by atoms with Gasteiger partial charge in [-0.1, -0.05) is 12.1 Å². The first-order chi connectivity index (χ1) is 6.98. The van der Waals surface area contributed by atoms with E-state index in [0.717, 1.165) is 30.6 Å². The predicted molar refractivity (Wildman–Crippen MR) is 59.5 cm³/mol. The third-order valence-electron chi connectivity index (χ3n) is 2.68. The molecule has 0 atom stereocenters. The molecule has 0 spiro atoms. The van der Waals surface area contributed by atoms with Gasteiger partial charge in [-0.2, -0.15) is 0 Å². The molecule has 2 rings (SSSR count). The first-order valence-electron chi connectivity index (χ1n) is 4.72. The van der Waals surface area contributed by atoms with Crippen molar-refractivity contribution >= 4 is 19.7 Å². The molecule has 0 radical (unpaired) electrons. The van der Waals surface area contributed by atoms with E-state index in [2.05, 4.69) is 4.90 Å². The van der Waals surface area contributed by atoms with Crippen molar-refractivity contribution in [3.63, 3.8) is 0 Å². The molecule has 1 aliphatic heterocycles. The molecule has 5 heteroatoms. The summed E-state index contributed by atoms with van der Waals surface area (Å²) in [6.45, 7) is 1.66. The normalized spacial score (nSPS) is 17.5.